The molecule has 0 bridgehead atoms. The van der Waals surface area contributed by atoms with Gasteiger partial charge in [0.2, 0.25) is 11.8 Å². The van der Waals surface area contributed by atoms with E-state index in [0.29, 0.717) is 5.89 Å². The highest BCUT2D eigenvalue weighted by Crippen LogP contribution is 2.19. The Kier molecular flexibility index (Phi) is 3.91. The Bertz CT molecular complexity index is 580. The predicted molar refractivity (Wildman–Crippen MR) is 66.4 cm³/mol. The monoisotopic (exact) mass is 262 g/mol. The maximum absolute atomic E-state index is 10.6. The number of aromatic nitrogens is 2. The molecule has 0 saturated carbocycles. The van der Waals surface area contributed by atoms with Gasteiger partial charge in [-0.05, 0) is 26.0 Å². The van der Waals surface area contributed by atoms with E-state index in [4.69, 9.17) is 14.3 Å². The third-order valence-electron chi connectivity index (χ3n) is 2.54. The number of rotatable bonds is 5. The Labute approximate surface area is 110 Å². The molecule has 1 N–H and O–H groups in total. The second kappa shape index (κ2) is 5.62. The van der Waals surface area contributed by atoms with E-state index in [1.54, 1.807) is 0 Å². The molecule has 1 heterocycles. The molecule has 6 heteroatoms. The van der Waals surface area contributed by atoms with Crippen LogP contribution in [0.5, 0.6) is 0 Å². The Morgan fingerprint density at radius 3 is 2.95 bits per heavy atom. The molecule has 0 aliphatic heterocycles. The van der Waals surface area contributed by atoms with Gasteiger partial charge in [0.1, 0.15) is 6.61 Å². The van der Waals surface area contributed by atoms with E-state index in [9.17, 15) is 4.79 Å². The molecule has 2 rings (SSSR count). The SMILES string of the molecule is Cc1cccc(-c2nnc(COC(C)C(=O)O)o2)c1. The average molecular weight is 262 g/mol. The molecular weight excluding hydrogens is 248 g/mol. The number of carbonyl (C=O) groups is 1. The van der Waals surface area contributed by atoms with Gasteiger partial charge in [-0.15, -0.1) is 10.2 Å². The van der Waals surface area contributed by atoms with Crippen LogP contribution in [0, 0.1) is 6.92 Å². The number of ether oxygens (including phenoxy) is 1. The highest BCUT2D eigenvalue weighted by molar-refractivity contribution is 5.71. The first kappa shape index (κ1) is 13.2. The quantitative estimate of drug-likeness (QED) is 0.887. The van der Waals surface area contributed by atoms with E-state index >= 15 is 0 Å². The molecule has 0 amide bonds. The lowest BCUT2D eigenvalue weighted by molar-refractivity contribution is -0.150. The third kappa shape index (κ3) is 3.38. The highest BCUT2D eigenvalue weighted by Gasteiger charge is 2.14. The zero-order valence-corrected chi connectivity index (χ0v) is 10.7. The molecule has 100 valence electrons. The summed E-state index contributed by atoms with van der Waals surface area (Å²) < 4.78 is 10.5. The van der Waals surface area contributed by atoms with Gasteiger partial charge in [-0.25, -0.2) is 4.79 Å². The van der Waals surface area contributed by atoms with E-state index in [-0.39, 0.29) is 12.5 Å². The minimum Gasteiger partial charge on any atom is -0.479 e. The summed E-state index contributed by atoms with van der Waals surface area (Å²) in [5.74, 6) is -0.381. The van der Waals surface area contributed by atoms with Gasteiger partial charge >= 0.3 is 5.97 Å². The smallest absolute Gasteiger partial charge is 0.332 e. The maximum Gasteiger partial charge on any atom is 0.332 e. The second-order valence-electron chi connectivity index (χ2n) is 4.16. The molecule has 0 aliphatic carbocycles. The van der Waals surface area contributed by atoms with Crippen molar-refractivity contribution < 1.29 is 19.1 Å². The number of benzene rings is 1. The Balaban J connectivity index is 2.05. The van der Waals surface area contributed by atoms with E-state index < -0.39 is 12.1 Å². The van der Waals surface area contributed by atoms with Crippen LogP contribution >= 0.6 is 0 Å². The van der Waals surface area contributed by atoms with Crippen molar-refractivity contribution in [2.24, 2.45) is 0 Å². The molecule has 0 spiro atoms. The maximum atomic E-state index is 10.6. The fraction of sp³-hybridized carbons (Fsp3) is 0.308. The van der Waals surface area contributed by atoms with Gasteiger partial charge < -0.3 is 14.3 Å². The van der Waals surface area contributed by atoms with E-state index in [0.717, 1.165) is 11.1 Å². The van der Waals surface area contributed by atoms with Crippen molar-refractivity contribution in [2.75, 3.05) is 0 Å². The van der Waals surface area contributed by atoms with Crippen molar-refractivity contribution in [3.63, 3.8) is 0 Å². The van der Waals surface area contributed by atoms with Crippen LogP contribution in [0.4, 0.5) is 0 Å². The number of aliphatic carboxylic acids is 1. The third-order valence-corrected chi connectivity index (χ3v) is 2.54. The molecular formula is C13H14N2O4. The fourth-order valence-electron chi connectivity index (χ4n) is 1.47. The van der Waals surface area contributed by atoms with Crippen molar-refractivity contribution in [1.29, 1.82) is 0 Å². The Morgan fingerprint density at radius 1 is 1.47 bits per heavy atom. The average Bonchev–Trinajstić information content (AvgIpc) is 2.84. The van der Waals surface area contributed by atoms with Crippen molar-refractivity contribution in [3.05, 3.63) is 35.7 Å². The molecule has 0 fully saturated rings. The van der Waals surface area contributed by atoms with Crippen LogP contribution in [-0.4, -0.2) is 27.4 Å². The lowest BCUT2D eigenvalue weighted by Crippen LogP contribution is -2.19. The summed E-state index contributed by atoms with van der Waals surface area (Å²) in [4.78, 5) is 10.6. The second-order valence-corrected chi connectivity index (χ2v) is 4.16. The molecule has 6 nitrogen and oxygen atoms in total. The summed E-state index contributed by atoms with van der Waals surface area (Å²) in [7, 11) is 0. The molecule has 1 atom stereocenters. The van der Waals surface area contributed by atoms with Gasteiger partial charge in [-0.3, -0.25) is 0 Å². The minimum atomic E-state index is -1.03. The van der Waals surface area contributed by atoms with Gasteiger partial charge in [0.15, 0.2) is 6.10 Å². The molecule has 1 aromatic heterocycles. The van der Waals surface area contributed by atoms with Gasteiger partial charge in [0.05, 0.1) is 0 Å². The summed E-state index contributed by atoms with van der Waals surface area (Å²) in [5, 5.41) is 16.4. The number of carboxylic acids is 1. The summed E-state index contributed by atoms with van der Waals surface area (Å²) >= 11 is 0. The van der Waals surface area contributed by atoms with Crippen LogP contribution in [0.15, 0.2) is 28.7 Å². The van der Waals surface area contributed by atoms with Crippen LogP contribution in [0.3, 0.4) is 0 Å². The van der Waals surface area contributed by atoms with Crippen LogP contribution in [0.2, 0.25) is 0 Å². The Morgan fingerprint density at radius 2 is 2.26 bits per heavy atom. The van der Waals surface area contributed by atoms with Crippen LogP contribution in [0.1, 0.15) is 18.4 Å². The topological polar surface area (TPSA) is 85.5 Å². The van der Waals surface area contributed by atoms with Crippen molar-refractivity contribution in [2.45, 2.75) is 26.6 Å². The highest BCUT2D eigenvalue weighted by atomic mass is 16.5. The van der Waals surface area contributed by atoms with Gasteiger partial charge in [0.25, 0.3) is 0 Å². The number of carboxylic acid groups (broad SMARTS) is 1. The molecule has 0 aliphatic rings. The molecule has 1 aromatic carbocycles. The summed E-state index contributed by atoms with van der Waals surface area (Å²) in [6.07, 6.45) is -0.908. The van der Waals surface area contributed by atoms with Gasteiger partial charge in [-0.1, -0.05) is 17.7 Å². The van der Waals surface area contributed by atoms with E-state index in [1.165, 1.54) is 6.92 Å². The first-order valence-corrected chi connectivity index (χ1v) is 5.80. The number of hydrogen-bond acceptors (Lipinski definition) is 5. The first-order valence-electron chi connectivity index (χ1n) is 5.80. The van der Waals surface area contributed by atoms with Crippen molar-refractivity contribution >= 4 is 5.97 Å². The number of aryl methyl sites for hydroxylation is 1. The van der Waals surface area contributed by atoms with Gasteiger partial charge in [-0.2, -0.15) is 0 Å². The molecule has 19 heavy (non-hydrogen) atoms. The summed E-state index contributed by atoms with van der Waals surface area (Å²) in [6, 6.07) is 7.67. The lowest BCUT2D eigenvalue weighted by Gasteiger charge is -2.04. The van der Waals surface area contributed by atoms with Crippen LogP contribution < -0.4 is 0 Å². The molecule has 2 aromatic rings. The normalized spacial score (nSPS) is 12.3. The number of hydrogen-bond donors (Lipinski definition) is 1. The standard InChI is InChI=1S/C13H14N2O4/c1-8-4-3-5-10(6-8)12-15-14-11(19-12)7-18-9(2)13(16)17/h3-6,9H,7H2,1-2H3,(H,16,17). The number of nitrogens with zero attached hydrogens (tertiary/aromatic N) is 2. The predicted octanol–water partition coefficient (Wildman–Crippen LogP) is 2.03. The van der Waals surface area contributed by atoms with Crippen molar-refractivity contribution in [3.8, 4) is 11.5 Å². The summed E-state index contributed by atoms with van der Waals surface area (Å²) in [5.41, 5.74) is 1.91. The fourth-order valence-corrected chi connectivity index (χ4v) is 1.47. The van der Waals surface area contributed by atoms with E-state index in [1.807, 2.05) is 31.2 Å². The summed E-state index contributed by atoms with van der Waals surface area (Å²) in [6.45, 7) is 3.39. The van der Waals surface area contributed by atoms with E-state index in [2.05, 4.69) is 10.2 Å². The van der Waals surface area contributed by atoms with Crippen LogP contribution in [-0.2, 0) is 16.1 Å². The largest absolute Gasteiger partial charge is 0.479 e. The zero-order valence-electron chi connectivity index (χ0n) is 10.7. The molecule has 0 radical (unpaired) electrons. The Hall–Kier alpha value is -2.21. The van der Waals surface area contributed by atoms with Gasteiger partial charge in [0, 0.05) is 5.56 Å². The zero-order chi connectivity index (χ0) is 13.8. The minimum absolute atomic E-state index is 0.0215. The van der Waals surface area contributed by atoms with Crippen molar-refractivity contribution in [1.82, 2.24) is 10.2 Å². The van der Waals surface area contributed by atoms with Crippen LogP contribution in [0.25, 0.3) is 11.5 Å². The lowest BCUT2D eigenvalue weighted by atomic mass is 10.1. The first-order chi connectivity index (χ1) is 9.06. The molecule has 1 unspecified atom stereocenters. The molecule has 0 saturated heterocycles.